The molecule has 3 rings (SSSR count). The van der Waals surface area contributed by atoms with Gasteiger partial charge in [0.25, 0.3) is 0 Å². The molecule has 1 saturated heterocycles. The van der Waals surface area contributed by atoms with E-state index in [-0.39, 0.29) is 42.0 Å². The maximum absolute atomic E-state index is 14.0. The predicted molar refractivity (Wildman–Crippen MR) is 115 cm³/mol. The van der Waals surface area contributed by atoms with Gasteiger partial charge in [0.15, 0.2) is 5.96 Å². The lowest BCUT2D eigenvalue weighted by Gasteiger charge is -2.21. The standard InChI is InChI=1S/C19H28F2N4O.HI/c1-2-22-19(23-11-13-4-3-5-18(13)26)24-15-8-9-25(12-15)17-7-6-14(20)10-16(17)21;/h6-7,10,13,15,18,26H,2-5,8-9,11-12H2,1H3,(H2,22,23,24);1H. The summed E-state index contributed by atoms with van der Waals surface area (Å²) in [4.78, 5) is 6.56. The molecule has 1 aromatic rings. The van der Waals surface area contributed by atoms with Gasteiger partial charge in [0.05, 0.1) is 11.8 Å². The van der Waals surface area contributed by atoms with Gasteiger partial charge < -0.3 is 20.6 Å². The molecule has 5 nitrogen and oxygen atoms in total. The molecule has 1 aliphatic carbocycles. The molecule has 8 heteroatoms. The average Bonchev–Trinajstić information content (AvgIpc) is 3.22. The summed E-state index contributed by atoms with van der Waals surface area (Å²) in [6.07, 6.45) is 3.56. The van der Waals surface area contributed by atoms with Crippen LogP contribution in [0.15, 0.2) is 23.2 Å². The Morgan fingerprint density at radius 1 is 1.30 bits per heavy atom. The van der Waals surface area contributed by atoms with Gasteiger partial charge >= 0.3 is 0 Å². The van der Waals surface area contributed by atoms with Crippen molar-refractivity contribution in [1.29, 1.82) is 0 Å². The van der Waals surface area contributed by atoms with E-state index in [1.807, 2.05) is 11.8 Å². The third-order valence-corrected chi connectivity index (χ3v) is 5.23. The lowest BCUT2D eigenvalue weighted by Crippen LogP contribution is -2.45. The van der Waals surface area contributed by atoms with Crippen molar-refractivity contribution in [3.63, 3.8) is 0 Å². The molecule has 0 spiro atoms. The van der Waals surface area contributed by atoms with Crippen LogP contribution in [0.25, 0.3) is 0 Å². The Bertz CT molecular complexity index is 646. The highest BCUT2D eigenvalue weighted by molar-refractivity contribution is 14.0. The number of nitrogens with zero attached hydrogens (tertiary/aromatic N) is 2. The second-order valence-corrected chi connectivity index (χ2v) is 7.15. The van der Waals surface area contributed by atoms with Crippen molar-refractivity contribution < 1.29 is 13.9 Å². The summed E-state index contributed by atoms with van der Waals surface area (Å²) in [6, 6.07) is 3.85. The SMILES string of the molecule is CCNC(=NCC1CCCC1O)NC1CCN(c2ccc(F)cc2F)C1.I. The molecule has 2 fully saturated rings. The molecule has 0 bridgehead atoms. The molecule has 3 unspecified atom stereocenters. The number of aliphatic hydroxyl groups excluding tert-OH is 1. The minimum Gasteiger partial charge on any atom is -0.393 e. The fraction of sp³-hybridized carbons (Fsp3) is 0.632. The van der Waals surface area contributed by atoms with E-state index in [0.717, 1.165) is 44.3 Å². The maximum atomic E-state index is 14.0. The first-order valence-corrected chi connectivity index (χ1v) is 9.49. The Hall–Kier alpha value is -1.16. The van der Waals surface area contributed by atoms with E-state index < -0.39 is 11.6 Å². The molecule has 152 valence electrons. The van der Waals surface area contributed by atoms with E-state index in [9.17, 15) is 13.9 Å². The molecule has 0 amide bonds. The largest absolute Gasteiger partial charge is 0.393 e. The van der Waals surface area contributed by atoms with Crippen LogP contribution in [0.4, 0.5) is 14.5 Å². The Kier molecular flexibility index (Phi) is 8.53. The zero-order valence-corrected chi connectivity index (χ0v) is 18.0. The first-order chi connectivity index (χ1) is 12.6. The summed E-state index contributed by atoms with van der Waals surface area (Å²) in [5.74, 6) is -0.117. The molecule has 3 atom stereocenters. The Morgan fingerprint density at radius 3 is 2.78 bits per heavy atom. The molecule has 1 aromatic carbocycles. The summed E-state index contributed by atoms with van der Waals surface area (Å²) in [6.45, 7) is 4.72. The predicted octanol–water partition coefficient (Wildman–Crippen LogP) is 2.88. The number of nitrogens with one attached hydrogen (secondary N) is 2. The molecule has 27 heavy (non-hydrogen) atoms. The summed E-state index contributed by atoms with van der Waals surface area (Å²) in [7, 11) is 0. The Labute approximate surface area is 176 Å². The normalized spacial score (nSPS) is 25.4. The molecule has 1 heterocycles. The number of anilines is 1. The smallest absolute Gasteiger partial charge is 0.191 e. The van der Waals surface area contributed by atoms with Crippen LogP contribution < -0.4 is 15.5 Å². The van der Waals surface area contributed by atoms with Crippen LogP contribution >= 0.6 is 24.0 Å². The lowest BCUT2D eigenvalue weighted by molar-refractivity contribution is 0.136. The van der Waals surface area contributed by atoms with Gasteiger partial charge in [-0.3, -0.25) is 4.99 Å². The monoisotopic (exact) mass is 494 g/mol. The van der Waals surface area contributed by atoms with Crippen molar-refractivity contribution in [1.82, 2.24) is 10.6 Å². The van der Waals surface area contributed by atoms with Crippen molar-refractivity contribution in [2.45, 2.75) is 44.8 Å². The first-order valence-electron chi connectivity index (χ1n) is 9.49. The Balaban J connectivity index is 0.00000261. The summed E-state index contributed by atoms with van der Waals surface area (Å²) in [5, 5.41) is 16.6. The van der Waals surface area contributed by atoms with E-state index in [0.29, 0.717) is 25.3 Å². The average molecular weight is 494 g/mol. The molecule has 0 radical (unpaired) electrons. The summed E-state index contributed by atoms with van der Waals surface area (Å²) >= 11 is 0. The molecule has 3 N–H and O–H groups in total. The molecule has 1 saturated carbocycles. The van der Waals surface area contributed by atoms with Gasteiger partial charge in [-0.1, -0.05) is 6.42 Å². The minimum absolute atomic E-state index is 0. The highest BCUT2D eigenvalue weighted by Crippen LogP contribution is 2.26. The number of guanidine groups is 1. The van der Waals surface area contributed by atoms with E-state index >= 15 is 0 Å². The Morgan fingerprint density at radius 2 is 2.11 bits per heavy atom. The van der Waals surface area contributed by atoms with Gasteiger partial charge in [-0.05, 0) is 38.3 Å². The molecule has 1 aliphatic heterocycles. The highest BCUT2D eigenvalue weighted by Gasteiger charge is 2.27. The molecule has 0 aromatic heterocycles. The van der Waals surface area contributed by atoms with Crippen LogP contribution in [0.3, 0.4) is 0 Å². The number of hydrogen-bond acceptors (Lipinski definition) is 3. The van der Waals surface area contributed by atoms with Crippen LogP contribution in [0.1, 0.15) is 32.6 Å². The van der Waals surface area contributed by atoms with Crippen LogP contribution in [0, 0.1) is 17.6 Å². The first kappa shape index (κ1) is 22.1. The van der Waals surface area contributed by atoms with Crippen molar-refractivity contribution in [2.24, 2.45) is 10.9 Å². The van der Waals surface area contributed by atoms with Crippen LogP contribution in [-0.2, 0) is 0 Å². The van der Waals surface area contributed by atoms with Gasteiger partial charge in [-0.2, -0.15) is 0 Å². The van der Waals surface area contributed by atoms with Crippen molar-refractivity contribution in [2.75, 3.05) is 31.1 Å². The van der Waals surface area contributed by atoms with Gasteiger partial charge in [-0.15, -0.1) is 24.0 Å². The third-order valence-electron chi connectivity index (χ3n) is 5.23. The second kappa shape index (κ2) is 10.4. The third kappa shape index (κ3) is 5.91. The minimum atomic E-state index is -0.559. The van der Waals surface area contributed by atoms with E-state index in [1.165, 1.54) is 12.1 Å². The van der Waals surface area contributed by atoms with Crippen LogP contribution in [0.2, 0.25) is 0 Å². The van der Waals surface area contributed by atoms with Gasteiger partial charge in [0.1, 0.15) is 11.6 Å². The zero-order chi connectivity index (χ0) is 18.5. The fourth-order valence-corrected chi connectivity index (χ4v) is 3.79. The number of aliphatic imine (C=N–C) groups is 1. The molecular weight excluding hydrogens is 465 g/mol. The van der Waals surface area contributed by atoms with Crippen molar-refractivity contribution in [3.8, 4) is 0 Å². The van der Waals surface area contributed by atoms with E-state index in [2.05, 4.69) is 15.6 Å². The molecular formula is C19H29F2IN4O. The summed E-state index contributed by atoms with van der Waals surface area (Å²) < 4.78 is 27.1. The highest BCUT2D eigenvalue weighted by atomic mass is 127. The topological polar surface area (TPSA) is 59.9 Å². The number of aliphatic hydroxyl groups is 1. The van der Waals surface area contributed by atoms with Crippen molar-refractivity contribution in [3.05, 3.63) is 29.8 Å². The van der Waals surface area contributed by atoms with Crippen LogP contribution in [-0.4, -0.2) is 49.4 Å². The number of rotatable bonds is 5. The zero-order valence-electron chi connectivity index (χ0n) is 15.6. The van der Waals surface area contributed by atoms with E-state index in [1.54, 1.807) is 0 Å². The molecule has 2 aliphatic rings. The van der Waals surface area contributed by atoms with Gasteiger partial charge in [0, 0.05) is 44.2 Å². The fourth-order valence-electron chi connectivity index (χ4n) is 3.79. The summed E-state index contributed by atoms with van der Waals surface area (Å²) in [5.41, 5.74) is 0.437. The maximum Gasteiger partial charge on any atom is 0.191 e. The number of benzene rings is 1. The van der Waals surface area contributed by atoms with Gasteiger partial charge in [0.2, 0.25) is 0 Å². The van der Waals surface area contributed by atoms with E-state index in [4.69, 9.17) is 0 Å². The van der Waals surface area contributed by atoms with Gasteiger partial charge in [-0.25, -0.2) is 8.78 Å². The number of halogens is 3. The van der Waals surface area contributed by atoms with Crippen LogP contribution in [0.5, 0.6) is 0 Å². The van der Waals surface area contributed by atoms with Crippen molar-refractivity contribution >= 4 is 35.6 Å². The quantitative estimate of drug-likeness (QED) is 0.335. The second-order valence-electron chi connectivity index (χ2n) is 7.15. The lowest BCUT2D eigenvalue weighted by atomic mass is 10.1. The number of hydrogen-bond donors (Lipinski definition) is 3.